The lowest BCUT2D eigenvalue weighted by molar-refractivity contribution is 0.398. The lowest BCUT2D eigenvalue weighted by Gasteiger charge is -2.06. The summed E-state index contributed by atoms with van der Waals surface area (Å²) in [5, 5.41) is 0. The highest BCUT2D eigenvalue weighted by molar-refractivity contribution is 14.1. The molecular formula is C13H14IN3O2. The normalized spacial score (nSPS) is 10.5. The molecule has 1 N–H and O–H groups in total. The van der Waals surface area contributed by atoms with E-state index in [2.05, 4.69) is 21.9 Å². The van der Waals surface area contributed by atoms with Gasteiger partial charge in [0.25, 0.3) is 5.56 Å². The maximum absolute atomic E-state index is 11.9. The van der Waals surface area contributed by atoms with Gasteiger partial charge < -0.3 is 9.72 Å². The number of ether oxygens (including phenoxy) is 1. The molecule has 0 aliphatic heterocycles. The molecule has 0 aliphatic rings. The first kappa shape index (κ1) is 14.0. The monoisotopic (exact) mass is 371 g/mol. The lowest BCUT2D eigenvalue weighted by atomic mass is 10.2. The van der Waals surface area contributed by atoms with Crippen LogP contribution in [0, 0.1) is 3.57 Å². The second-order valence-corrected chi connectivity index (χ2v) is 5.09. The number of nitrogens with zero attached hydrogens (tertiary/aromatic N) is 2. The molecule has 2 rings (SSSR count). The Morgan fingerprint density at radius 1 is 1.42 bits per heavy atom. The number of hydrogen-bond donors (Lipinski definition) is 1. The molecule has 2 heterocycles. The van der Waals surface area contributed by atoms with E-state index in [0.29, 0.717) is 15.3 Å². The standard InChI is InChI=1S/C13H14IN3O2/c1-3-4-9-11(14)13(18)17-12(16-9)8-5-6-10(19-2)15-7-8/h5-7H,3-4H2,1-2H3,(H,16,17,18). The van der Waals surface area contributed by atoms with Gasteiger partial charge in [0.1, 0.15) is 5.82 Å². The van der Waals surface area contributed by atoms with E-state index in [1.165, 1.54) is 0 Å². The summed E-state index contributed by atoms with van der Waals surface area (Å²) in [6.45, 7) is 2.06. The quantitative estimate of drug-likeness (QED) is 0.839. The number of aromatic nitrogens is 3. The van der Waals surface area contributed by atoms with Gasteiger partial charge in [-0.15, -0.1) is 0 Å². The molecule has 2 aromatic rings. The number of nitrogens with one attached hydrogen (secondary N) is 1. The van der Waals surface area contributed by atoms with Crippen molar-refractivity contribution in [2.75, 3.05) is 7.11 Å². The van der Waals surface area contributed by atoms with Gasteiger partial charge in [0.2, 0.25) is 5.88 Å². The van der Waals surface area contributed by atoms with Crippen molar-refractivity contribution in [3.8, 4) is 17.3 Å². The van der Waals surface area contributed by atoms with E-state index >= 15 is 0 Å². The molecule has 19 heavy (non-hydrogen) atoms. The third-order valence-corrected chi connectivity index (χ3v) is 3.75. The van der Waals surface area contributed by atoms with Crippen LogP contribution in [-0.4, -0.2) is 22.1 Å². The largest absolute Gasteiger partial charge is 0.481 e. The predicted octanol–water partition coefficient (Wildman–Crippen LogP) is 2.40. The first-order chi connectivity index (χ1) is 9.15. The fraction of sp³-hybridized carbons (Fsp3) is 0.308. The fourth-order valence-corrected chi connectivity index (χ4v) is 2.21. The molecule has 0 saturated carbocycles. The maximum Gasteiger partial charge on any atom is 0.264 e. The average molecular weight is 371 g/mol. The Bertz CT molecular complexity index is 623. The molecule has 0 radical (unpaired) electrons. The lowest BCUT2D eigenvalue weighted by Crippen LogP contribution is -2.16. The zero-order valence-electron chi connectivity index (χ0n) is 10.7. The minimum atomic E-state index is -0.107. The fourth-order valence-electron chi connectivity index (χ4n) is 1.69. The Balaban J connectivity index is 2.46. The third kappa shape index (κ3) is 3.12. The Hall–Kier alpha value is -1.44. The molecule has 0 amide bonds. The van der Waals surface area contributed by atoms with Crippen molar-refractivity contribution >= 4 is 22.6 Å². The minimum absolute atomic E-state index is 0.107. The summed E-state index contributed by atoms with van der Waals surface area (Å²) in [6, 6.07) is 3.57. The summed E-state index contributed by atoms with van der Waals surface area (Å²) in [5.74, 6) is 1.08. The third-order valence-electron chi connectivity index (χ3n) is 2.64. The van der Waals surface area contributed by atoms with Crippen LogP contribution in [-0.2, 0) is 6.42 Å². The van der Waals surface area contributed by atoms with Crippen molar-refractivity contribution < 1.29 is 4.74 Å². The predicted molar refractivity (Wildman–Crippen MR) is 81.4 cm³/mol. The van der Waals surface area contributed by atoms with Crippen LogP contribution in [0.15, 0.2) is 23.1 Å². The number of halogens is 1. The molecule has 0 aromatic carbocycles. The van der Waals surface area contributed by atoms with Crippen LogP contribution in [0.3, 0.4) is 0 Å². The summed E-state index contributed by atoms with van der Waals surface area (Å²) < 4.78 is 5.66. The van der Waals surface area contributed by atoms with Crippen molar-refractivity contribution in [3.05, 3.63) is 37.9 Å². The van der Waals surface area contributed by atoms with Crippen molar-refractivity contribution in [1.29, 1.82) is 0 Å². The smallest absolute Gasteiger partial charge is 0.264 e. The van der Waals surface area contributed by atoms with Gasteiger partial charge in [-0.05, 0) is 35.1 Å². The van der Waals surface area contributed by atoms with Gasteiger partial charge in [0, 0.05) is 17.8 Å². The van der Waals surface area contributed by atoms with Crippen molar-refractivity contribution in [2.24, 2.45) is 0 Å². The van der Waals surface area contributed by atoms with Crippen molar-refractivity contribution in [1.82, 2.24) is 15.0 Å². The molecule has 100 valence electrons. The van der Waals surface area contributed by atoms with Crippen LogP contribution in [0.2, 0.25) is 0 Å². The van der Waals surface area contributed by atoms with Gasteiger partial charge >= 0.3 is 0 Å². The van der Waals surface area contributed by atoms with E-state index in [9.17, 15) is 4.79 Å². The topological polar surface area (TPSA) is 67.9 Å². The molecule has 0 saturated heterocycles. The molecule has 0 atom stereocenters. The number of aromatic amines is 1. The zero-order valence-corrected chi connectivity index (χ0v) is 12.9. The second kappa shape index (κ2) is 6.14. The van der Waals surface area contributed by atoms with Crippen LogP contribution >= 0.6 is 22.6 Å². The van der Waals surface area contributed by atoms with E-state index in [-0.39, 0.29) is 5.56 Å². The Labute approximate surface area is 124 Å². The second-order valence-electron chi connectivity index (χ2n) is 4.01. The van der Waals surface area contributed by atoms with Crippen molar-refractivity contribution in [2.45, 2.75) is 19.8 Å². The SMILES string of the molecule is CCCc1nc(-c2ccc(OC)nc2)[nH]c(=O)c1I. The Morgan fingerprint density at radius 3 is 2.79 bits per heavy atom. The summed E-state index contributed by atoms with van der Waals surface area (Å²) in [7, 11) is 1.56. The Morgan fingerprint density at radius 2 is 2.21 bits per heavy atom. The highest BCUT2D eigenvalue weighted by atomic mass is 127. The van der Waals surface area contributed by atoms with Crippen LogP contribution < -0.4 is 10.3 Å². The zero-order chi connectivity index (χ0) is 13.8. The number of rotatable bonds is 4. The van der Waals surface area contributed by atoms with Crippen LogP contribution in [0.4, 0.5) is 0 Å². The molecule has 0 bridgehead atoms. The highest BCUT2D eigenvalue weighted by Crippen LogP contribution is 2.17. The van der Waals surface area contributed by atoms with E-state index in [0.717, 1.165) is 24.1 Å². The van der Waals surface area contributed by atoms with Gasteiger partial charge in [-0.2, -0.15) is 0 Å². The molecule has 2 aromatic heterocycles. The highest BCUT2D eigenvalue weighted by Gasteiger charge is 2.10. The summed E-state index contributed by atoms with van der Waals surface area (Å²) in [6.07, 6.45) is 3.38. The summed E-state index contributed by atoms with van der Waals surface area (Å²) in [4.78, 5) is 23.3. The summed E-state index contributed by atoms with van der Waals surface area (Å²) in [5.41, 5.74) is 1.49. The first-order valence-electron chi connectivity index (χ1n) is 5.94. The number of H-pyrrole nitrogens is 1. The maximum atomic E-state index is 11.9. The van der Waals surface area contributed by atoms with Gasteiger partial charge in [0.15, 0.2) is 0 Å². The van der Waals surface area contributed by atoms with Crippen LogP contribution in [0.1, 0.15) is 19.0 Å². The van der Waals surface area contributed by atoms with E-state index < -0.39 is 0 Å². The van der Waals surface area contributed by atoms with Crippen LogP contribution in [0.25, 0.3) is 11.4 Å². The number of methoxy groups -OCH3 is 1. The van der Waals surface area contributed by atoms with Gasteiger partial charge in [-0.25, -0.2) is 9.97 Å². The number of hydrogen-bond acceptors (Lipinski definition) is 4. The molecule has 0 spiro atoms. The Kier molecular flexibility index (Phi) is 4.52. The molecule has 5 nitrogen and oxygen atoms in total. The first-order valence-corrected chi connectivity index (χ1v) is 7.02. The average Bonchev–Trinajstić information content (AvgIpc) is 2.44. The molecule has 0 unspecified atom stereocenters. The molecular weight excluding hydrogens is 357 g/mol. The van der Waals surface area contributed by atoms with Crippen molar-refractivity contribution in [3.63, 3.8) is 0 Å². The molecule has 0 fully saturated rings. The number of aryl methyl sites for hydroxylation is 1. The van der Waals surface area contributed by atoms with E-state index in [1.807, 2.05) is 28.7 Å². The molecule has 6 heteroatoms. The van der Waals surface area contributed by atoms with E-state index in [1.54, 1.807) is 19.4 Å². The van der Waals surface area contributed by atoms with Crippen LogP contribution in [0.5, 0.6) is 5.88 Å². The number of pyridine rings is 1. The van der Waals surface area contributed by atoms with Gasteiger partial charge in [-0.3, -0.25) is 4.79 Å². The van der Waals surface area contributed by atoms with Gasteiger partial charge in [0.05, 0.1) is 16.4 Å². The molecule has 0 aliphatic carbocycles. The van der Waals surface area contributed by atoms with E-state index in [4.69, 9.17) is 4.74 Å². The minimum Gasteiger partial charge on any atom is -0.481 e. The van der Waals surface area contributed by atoms with Gasteiger partial charge in [-0.1, -0.05) is 13.3 Å². The summed E-state index contributed by atoms with van der Waals surface area (Å²) >= 11 is 2.03.